The predicted molar refractivity (Wildman–Crippen MR) is 93.1 cm³/mol. The highest BCUT2D eigenvalue weighted by Crippen LogP contribution is 2.28. The van der Waals surface area contributed by atoms with Crippen LogP contribution in [0.25, 0.3) is 0 Å². The fourth-order valence-corrected chi connectivity index (χ4v) is 4.04. The summed E-state index contributed by atoms with van der Waals surface area (Å²) in [5, 5.41) is 1.69. The molecule has 134 valence electrons. The molecule has 25 heavy (non-hydrogen) atoms. The molecule has 1 aromatic heterocycles. The molecule has 1 unspecified atom stereocenters. The van der Waals surface area contributed by atoms with Gasteiger partial charge in [-0.15, -0.1) is 0 Å². The lowest BCUT2D eigenvalue weighted by molar-refractivity contribution is -0.121. The lowest BCUT2D eigenvalue weighted by Crippen LogP contribution is -2.31. The zero-order valence-corrected chi connectivity index (χ0v) is 14.8. The van der Waals surface area contributed by atoms with E-state index in [-0.39, 0.29) is 17.3 Å². The van der Waals surface area contributed by atoms with Crippen LogP contribution in [0.3, 0.4) is 0 Å². The number of carbonyl (C=O) groups excluding carboxylic acids is 1. The van der Waals surface area contributed by atoms with Crippen molar-refractivity contribution in [1.29, 1.82) is 0 Å². The molecule has 2 rings (SSSR count). The Hall–Kier alpha value is -2.28. The van der Waals surface area contributed by atoms with Crippen LogP contribution < -0.4 is 5.32 Å². The molecular formula is C18H21FN2O3S. The maximum absolute atomic E-state index is 13.1. The molecule has 2 aromatic rings. The summed E-state index contributed by atoms with van der Waals surface area (Å²) in [5.41, 5.74) is 0.475. The minimum absolute atomic E-state index is 0.00515. The van der Waals surface area contributed by atoms with Gasteiger partial charge in [-0.1, -0.05) is 19.4 Å². The van der Waals surface area contributed by atoms with Gasteiger partial charge < -0.3 is 5.32 Å². The topological polar surface area (TPSA) is 76.1 Å². The highest BCUT2D eigenvalue weighted by molar-refractivity contribution is 7.91. The Labute approximate surface area is 147 Å². The van der Waals surface area contributed by atoms with E-state index in [9.17, 15) is 17.6 Å². The zero-order valence-electron chi connectivity index (χ0n) is 14.0. The van der Waals surface area contributed by atoms with Crippen molar-refractivity contribution in [2.45, 2.75) is 36.3 Å². The van der Waals surface area contributed by atoms with Crippen LogP contribution >= 0.6 is 0 Å². The van der Waals surface area contributed by atoms with E-state index in [0.717, 1.165) is 25.0 Å². The number of nitrogens with zero attached hydrogens (tertiary/aromatic N) is 1. The molecule has 0 saturated carbocycles. The van der Waals surface area contributed by atoms with Crippen molar-refractivity contribution in [3.05, 3.63) is 60.2 Å². The van der Waals surface area contributed by atoms with E-state index >= 15 is 0 Å². The number of halogens is 1. The maximum Gasteiger partial charge on any atom is 0.220 e. The van der Waals surface area contributed by atoms with E-state index in [1.54, 1.807) is 18.3 Å². The molecule has 0 aliphatic carbocycles. The molecule has 7 heteroatoms. The van der Waals surface area contributed by atoms with Crippen LogP contribution in [0.5, 0.6) is 0 Å². The number of pyridine rings is 1. The molecule has 0 aliphatic heterocycles. The van der Waals surface area contributed by atoms with Crippen molar-refractivity contribution in [1.82, 2.24) is 10.3 Å². The molecule has 1 amide bonds. The summed E-state index contributed by atoms with van der Waals surface area (Å²) in [6, 6.07) is 7.96. The average molecular weight is 364 g/mol. The van der Waals surface area contributed by atoms with Crippen LogP contribution in [-0.2, 0) is 14.6 Å². The molecule has 1 aromatic carbocycles. The summed E-state index contributed by atoms with van der Waals surface area (Å²) in [6.07, 6.45) is 4.99. The van der Waals surface area contributed by atoms with Gasteiger partial charge in [0.1, 0.15) is 11.1 Å². The van der Waals surface area contributed by atoms with Crippen molar-refractivity contribution >= 4 is 15.7 Å². The monoisotopic (exact) mass is 364 g/mol. The Morgan fingerprint density at radius 3 is 2.56 bits per heavy atom. The van der Waals surface area contributed by atoms with Crippen LogP contribution in [0.1, 0.15) is 37.0 Å². The first-order chi connectivity index (χ1) is 11.9. The van der Waals surface area contributed by atoms with Crippen molar-refractivity contribution < 1.29 is 17.6 Å². The minimum atomic E-state index is -3.81. The van der Waals surface area contributed by atoms with Gasteiger partial charge in [0.05, 0.1) is 4.90 Å². The molecule has 0 aliphatic rings. The highest BCUT2D eigenvalue weighted by Gasteiger charge is 2.29. The second-order valence-electron chi connectivity index (χ2n) is 5.68. The number of sulfone groups is 1. The SMILES string of the molecule is CCCCC(=O)NCC(c1cccnc1)S(=O)(=O)c1ccc(F)cc1. The first kappa shape index (κ1) is 19.1. The Morgan fingerprint density at radius 2 is 1.96 bits per heavy atom. The van der Waals surface area contributed by atoms with E-state index in [2.05, 4.69) is 10.3 Å². The molecule has 1 N–H and O–H groups in total. The fraction of sp³-hybridized carbons (Fsp3) is 0.333. The number of nitrogens with one attached hydrogen (secondary N) is 1. The number of unbranched alkanes of at least 4 members (excludes halogenated alkanes) is 1. The zero-order chi connectivity index (χ0) is 18.3. The van der Waals surface area contributed by atoms with Crippen molar-refractivity contribution in [2.24, 2.45) is 0 Å². The predicted octanol–water partition coefficient (Wildman–Crippen LogP) is 3.04. The Kier molecular flexibility index (Phi) is 6.64. The largest absolute Gasteiger partial charge is 0.354 e. The molecular weight excluding hydrogens is 343 g/mol. The molecule has 0 spiro atoms. The molecule has 1 heterocycles. The summed E-state index contributed by atoms with van der Waals surface area (Å²) in [4.78, 5) is 15.8. The van der Waals surface area contributed by atoms with Gasteiger partial charge in [0.2, 0.25) is 5.91 Å². The maximum atomic E-state index is 13.1. The van der Waals surface area contributed by atoms with Gasteiger partial charge >= 0.3 is 0 Å². The number of aromatic nitrogens is 1. The van der Waals surface area contributed by atoms with Crippen LogP contribution in [0.15, 0.2) is 53.7 Å². The van der Waals surface area contributed by atoms with E-state index < -0.39 is 20.9 Å². The Balaban J connectivity index is 2.28. The molecule has 5 nitrogen and oxygen atoms in total. The summed E-state index contributed by atoms with van der Waals surface area (Å²) in [5.74, 6) is -0.699. The second kappa shape index (κ2) is 8.71. The number of benzene rings is 1. The van der Waals surface area contributed by atoms with Crippen LogP contribution in [-0.4, -0.2) is 25.9 Å². The van der Waals surface area contributed by atoms with Crippen LogP contribution in [0.4, 0.5) is 4.39 Å². The molecule has 0 bridgehead atoms. The third kappa shape index (κ3) is 5.09. The van der Waals surface area contributed by atoms with Gasteiger partial charge in [0.15, 0.2) is 9.84 Å². The highest BCUT2D eigenvalue weighted by atomic mass is 32.2. The third-order valence-corrected chi connectivity index (χ3v) is 5.93. The third-order valence-electron chi connectivity index (χ3n) is 3.81. The standard InChI is InChI=1S/C18H21FN2O3S/c1-2-3-6-18(22)21-13-17(14-5-4-11-20-12-14)25(23,24)16-9-7-15(19)8-10-16/h4-5,7-12,17H,2-3,6,13H2,1H3,(H,21,22). The number of carbonyl (C=O) groups is 1. The van der Waals surface area contributed by atoms with Gasteiger partial charge in [0, 0.05) is 25.4 Å². The van der Waals surface area contributed by atoms with E-state index in [1.165, 1.54) is 18.3 Å². The number of rotatable bonds is 8. The Morgan fingerprint density at radius 1 is 1.24 bits per heavy atom. The summed E-state index contributed by atoms with van der Waals surface area (Å²) in [7, 11) is -3.81. The number of hydrogen-bond donors (Lipinski definition) is 1. The lowest BCUT2D eigenvalue weighted by atomic mass is 10.2. The van der Waals surface area contributed by atoms with E-state index in [1.807, 2.05) is 6.92 Å². The lowest BCUT2D eigenvalue weighted by Gasteiger charge is -2.18. The van der Waals surface area contributed by atoms with Gasteiger partial charge in [-0.05, 0) is 42.3 Å². The van der Waals surface area contributed by atoms with Gasteiger partial charge in [-0.25, -0.2) is 12.8 Å². The Bertz CT molecular complexity index is 793. The van der Waals surface area contributed by atoms with Crippen LogP contribution in [0.2, 0.25) is 0 Å². The fourth-order valence-electron chi connectivity index (χ4n) is 2.39. The number of amides is 1. The minimum Gasteiger partial charge on any atom is -0.354 e. The van der Waals surface area contributed by atoms with Crippen molar-refractivity contribution in [3.8, 4) is 0 Å². The van der Waals surface area contributed by atoms with E-state index in [4.69, 9.17) is 0 Å². The van der Waals surface area contributed by atoms with Crippen molar-refractivity contribution in [3.63, 3.8) is 0 Å². The van der Waals surface area contributed by atoms with Gasteiger partial charge in [0.25, 0.3) is 0 Å². The van der Waals surface area contributed by atoms with Gasteiger partial charge in [-0.3, -0.25) is 9.78 Å². The molecule has 1 atom stereocenters. The number of hydrogen-bond acceptors (Lipinski definition) is 4. The normalized spacial score (nSPS) is 12.6. The average Bonchev–Trinajstić information content (AvgIpc) is 2.61. The first-order valence-corrected chi connectivity index (χ1v) is 9.66. The summed E-state index contributed by atoms with van der Waals surface area (Å²) >= 11 is 0. The molecule has 0 radical (unpaired) electrons. The summed E-state index contributed by atoms with van der Waals surface area (Å²) in [6.45, 7) is 1.92. The van der Waals surface area contributed by atoms with E-state index in [0.29, 0.717) is 12.0 Å². The smallest absolute Gasteiger partial charge is 0.220 e. The molecule has 0 fully saturated rings. The van der Waals surface area contributed by atoms with Crippen LogP contribution in [0, 0.1) is 5.82 Å². The van der Waals surface area contributed by atoms with Gasteiger partial charge in [-0.2, -0.15) is 0 Å². The second-order valence-corrected chi connectivity index (χ2v) is 7.81. The molecule has 0 saturated heterocycles. The first-order valence-electron chi connectivity index (χ1n) is 8.11. The quantitative estimate of drug-likeness (QED) is 0.731. The van der Waals surface area contributed by atoms with Crippen molar-refractivity contribution in [2.75, 3.05) is 6.54 Å². The summed E-state index contributed by atoms with van der Waals surface area (Å²) < 4.78 is 39.0.